The van der Waals surface area contributed by atoms with E-state index in [0.29, 0.717) is 12.1 Å². The molecule has 1 aromatic carbocycles. The normalized spacial score (nSPS) is 10.9. The van der Waals surface area contributed by atoms with Gasteiger partial charge in [-0.25, -0.2) is 9.97 Å². The van der Waals surface area contributed by atoms with Crippen LogP contribution in [0.15, 0.2) is 36.8 Å². The first-order chi connectivity index (χ1) is 12.0. The molecular formula is C18H22N6O. The Hall–Kier alpha value is -2.96. The Balaban J connectivity index is 1.86. The number of hydrogen-bond acceptors (Lipinski definition) is 5. The van der Waals surface area contributed by atoms with Crippen molar-refractivity contribution >= 4 is 22.8 Å². The van der Waals surface area contributed by atoms with E-state index in [1.807, 2.05) is 31.3 Å². The zero-order chi connectivity index (χ0) is 18.0. The van der Waals surface area contributed by atoms with E-state index in [1.54, 1.807) is 36.2 Å². The number of hydrogen-bond donors (Lipinski definition) is 0. The van der Waals surface area contributed by atoms with Gasteiger partial charge in [-0.1, -0.05) is 12.1 Å². The number of benzene rings is 1. The van der Waals surface area contributed by atoms with Crippen molar-refractivity contribution in [1.82, 2.24) is 24.6 Å². The number of aryl methyl sites for hydroxylation is 1. The van der Waals surface area contributed by atoms with Crippen molar-refractivity contribution < 1.29 is 4.79 Å². The molecule has 0 atom stereocenters. The fourth-order valence-electron chi connectivity index (χ4n) is 2.77. The Morgan fingerprint density at radius 1 is 1.16 bits per heavy atom. The fourth-order valence-corrected chi connectivity index (χ4v) is 2.77. The molecule has 7 heteroatoms. The number of fused-ring (bicyclic) bond motifs is 1. The second kappa shape index (κ2) is 6.88. The Labute approximate surface area is 146 Å². The highest BCUT2D eigenvalue weighted by atomic mass is 16.2. The predicted octanol–water partition coefficient (Wildman–Crippen LogP) is 2.09. The molecule has 0 fully saturated rings. The summed E-state index contributed by atoms with van der Waals surface area (Å²) in [5.41, 5.74) is 2.62. The lowest BCUT2D eigenvalue weighted by molar-refractivity contribution is 0.0827. The highest BCUT2D eigenvalue weighted by Gasteiger charge is 2.14. The minimum Gasteiger partial charge on any atom is -0.352 e. The van der Waals surface area contributed by atoms with Gasteiger partial charge in [0.05, 0.1) is 11.6 Å². The zero-order valence-corrected chi connectivity index (χ0v) is 15.0. The molecule has 0 N–H and O–H groups in total. The van der Waals surface area contributed by atoms with Crippen LogP contribution in [-0.2, 0) is 13.6 Å². The van der Waals surface area contributed by atoms with Crippen LogP contribution in [0.5, 0.6) is 0 Å². The van der Waals surface area contributed by atoms with Gasteiger partial charge in [-0.05, 0) is 24.6 Å². The van der Waals surface area contributed by atoms with Crippen molar-refractivity contribution in [2.75, 3.05) is 25.5 Å². The van der Waals surface area contributed by atoms with Crippen molar-refractivity contribution in [3.05, 3.63) is 47.9 Å². The zero-order valence-electron chi connectivity index (χ0n) is 15.0. The number of carbonyl (C=O) groups excluding carboxylic acids is 1. The van der Waals surface area contributed by atoms with Crippen molar-refractivity contribution in [3.63, 3.8) is 0 Å². The van der Waals surface area contributed by atoms with Crippen LogP contribution >= 0.6 is 0 Å². The maximum absolute atomic E-state index is 12.0. The van der Waals surface area contributed by atoms with Crippen LogP contribution in [0.25, 0.3) is 11.0 Å². The minimum atomic E-state index is 0.00627. The molecule has 0 bridgehead atoms. The van der Waals surface area contributed by atoms with Crippen molar-refractivity contribution in [1.29, 1.82) is 0 Å². The van der Waals surface area contributed by atoms with E-state index in [4.69, 9.17) is 0 Å². The number of anilines is 1. The lowest BCUT2D eigenvalue weighted by Gasteiger charge is -2.22. The smallest absolute Gasteiger partial charge is 0.253 e. The maximum Gasteiger partial charge on any atom is 0.253 e. The summed E-state index contributed by atoms with van der Waals surface area (Å²) in [6.07, 6.45) is 3.37. The highest BCUT2D eigenvalue weighted by Crippen LogP contribution is 2.23. The molecule has 0 spiro atoms. The van der Waals surface area contributed by atoms with Crippen molar-refractivity contribution in [2.45, 2.75) is 13.5 Å². The van der Waals surface area contributed by atoms with Gasteiger partial charge in [0, 0.05) is 39.8 Å². The molecule has 0 radical (unpaired) electrons. The first-order valence-electron chi connectivity index (χ1n) is 8.19. The molecule has 25 heavy (non-hydrogen) atoms. The van der Waals surface area contributed by atoms with Crippen molar-refractivity contribution in [3.8, 4) is 0 Å². The van der Waals surface area contributed by atoms with Crippen LogP contribution < -0.4 is 4.90 Å². The second-order valence-corrected chi connectivity index (χ2v) is 6.11. The number of aromatic nitrogens is 4. The fraction of sp³-hybridized carbons (Fsp3) is 0.333. The summed E-state index contributed by atoms with van der Waals surface area (Å²) in [5.74, 6) is 0.876. The van der Waals surface area contributed by atoms with E-state index in [1.165, 1.54) is 0 Å². The Morgan fingerprint density at radius 3 is 2.52 bits per heavy atom. The molecule has 130 valence electrons. The van der Waals surface area contributed by atoms with Gasteiger partial charge in [-0.2, -0.15) is 5.10 Å². The minimum absolute atomic E-state index is 0.00627. The van der Waals surface area contributed by atoms with E-state index in [-0.39, 0.29) is 5.91 Å². The number of carbonyl (C=O) groups is 1. The second-order valence-electron chi connectivity index (χ2n) is 6.11. The molecule has 0 aliphatic carbocycles. The SMILES string of the molecule is CCN(Cc1ccc(C(=O)N(C)C)cc1)c1ncnc2c1cnn2C. The molecule has 3 aromatic rings. The van der Waals surface area contributed by atoms with Gasteiger partial charge >= 0.3 is 0 Å². The molecule has 0 aliphatic heterocycles. The number of nitrogens with zero attached hydrogens (tertiary/aromatic N) is 6. The summed E-state index contributed by atoms with van der Waals surface area (Å²) in [4.78, 5) is 24.5. The first kappa shape index (κ1) is 16.9. The predicted molar refractivity (Wildman–Crippen MR) is 97.5 cm³/mol. The average molecular weight is 338 g/mol. The van der Waals surface area contributed by atoms with E-state index >= 15 is 0 Å². The summed E-state index contributed by atoms with van der Waals surface area (Å²) in [6, 6.07) is 7.71. The maximum atomic E-state index is 12.0. The van der Waals surface area contributed by atoms with Crippen molar-refractivity contribution in [2.24, 2.45) is 7.05 Å². The molecular weight excluding hydrogens is 316 g/mol. The molecule has 2 heterocycles. The van der Waals surface area contributed by atoms with Crippen LogP contribution in [0.4, 0.5) is 5.82 Å². The molecule has 7 nitrogen and oxygen atoms in total. The summed E-state index contributed by atoms with van der Waals surface area (Å²) < 4.78 is 1.75. The third-order valence-electron chi connectivity index (χ3n) is 4.17. The van der Waals surface area contributed by atoms with Crippen LogP contribution in [-0.4, -0.2) is 51.2 Å². The summed E-state index contributed by atoms with van der Waals surface area (Å²) in [6.45, 7) is 3.60. The molecule has 0 aliphatic rings. The van der Waals surface area contributed by atoms with Gasteiger partial charge < -0.3 is 9.80 Å². The lowest BCUT2D eigenvalue weighted by atomic mass is 10.1. The molecule has 2 aromatic heterocycles. The van der Waals surface area contributed by atoms with Gasteiger partial charge in [0.15, 0.2) is 5.65 Å². The highest BCUT2D eigenvalue weighted by molar-refractivity contribution is 5.93. The third kappa shape index (κ3) is 3.31. The van der Waals surface area contributed by atoms with Crippen LogP contribution in [0.3, 0.4) is 0 Å². The van der Waals surface area contributed by atoms with E-state index < -0.39 is 0 Å². The first-order valence-corrected chi connectivity index (χ1v) is 8.19. The van der Waals surface area contributed by atoms with E-state index in [9.17, 15) is 4.79 Å². The molecule has 0 unspecified atom stereocenters. The lowest BCUT2D eigenvalue weighted by Crippen LogP contribution is -2.24. The number of amides is 1. The molecule has 0 saturated heterocycles. The van der Waals surface area contributed by atoms with Gasteiger partial charge in [-0.3, -0.25) is 9.48 Å². The summed E-state index contributed by atoms with van der Waals surface area (Å²) in [5, 5.41) is 5.21. The van der Waals surface area contributed by atoms with Gasteiger partial charge in [-0.15, -0.1) is 0 Å². The van der Waals surface area contributed by atoms with Crippen LogP contribution in [0, 0.1) is 0 Å². The van der Waals surface area contributed by atoms with Gasteiger partial charge in [0.1, 0.15) is 12.1 Å². The van der Waals surface area contributed by atoms with Crippen LogP contribution in [0.1, 0.15) is 22.8 Å². The topological polar surface area (TPSA) is 67.2 Å². The third-order valence-corrected chi connectivity index (χ3v) is 4.17. The summed E-state index contributed by atoms with van der Waals surface area (Å²) in [7, 11) is 5.38. The van der Waals surface area contributed by atoms with E-state index in [2.05, 4.69) is 26.9 Å². The Morgan fingerprint density at radius 2 is 1.88 bits per heavy atom. The Bertz CT molecular complexity index is 884. The Kier molecular flexibility index (Phi) is 4.65. The molecule has 3 rings (SSSR count). The molecule has 0 saturated carbocycles. The molecule has 1 amide bonds. The van der Waals surface area contributed by atoms with Gasteiger partial charge in [0.25, 0.3) is 5.91 Å². The summed E-state index contributed by atoms with van der Waals surface area (Å²) >= 11 is 0. The number of rotatable bonds is 5. The standard InChI is InChI=1S/C18H22N6O/c1-5-24(17-15-10-21-23(4)16(15)19-12-20-17)11-13-6-8-14(9-7-13)18(25)22(2)3/h6-10,12H,5,11H2,1-4H3. The monoisotopic (exact) mass is 338 g/mol. The van der Waals surface area contributed by atoms with E-state index in [0.717, 1.165) is 29.0 Å². The van der Waals surface area contributed by atoms with Gasteiger partial charge in [0.2, 0.25) is 0 Å². The average Bonchev–Trinajstić information content (AvgIpc) is 3.01. The quantitative estimate of drug-likeness (QED) is 0.713. The van der Waals surface area contributed by atoms with Crippen LogP contribution in [0.2, 0.25) is 0 Å². The largest absolute Gasteiger partial charge is 0.352 e.